The summed E-state index contributed by atoms with van der Waals surface area (Å²) in [6.45, 7) is 13.1. The number of carbonyl (C=O) groups excluding carboxylic acids is 1. The molecule has 0 rings (SSSR count). The monoisotopic (exact) mass is 300 g/mol. The fourth-order valence-corrected chi connectivity index (χ4v) is 2.40. The van der Waals surface area contributed by atoms with E-state index in [1.54, 1.807) is 27.7 Å². The molecule has 0 heterocycles. The van der Waals surface area contributed by atoms with Crippen LogP contribution in [-0.4, -0.2) is 33.4 Å². The number of carboxylic acids is 1. The van der Waals surface area contributed by atoms with Crippen molar-refractivity contribution in [2.24, 2.45) is 11.8 Å². The molecule has 0 fully saturated rings. The number of carboxylic acid groups (broad SMARTS) is 1. The second-order valence-corrected chi connectivity index (χ2v) is 8.66. The molecule has 4 nitrogen and oxygen atoms in total. The Bertz CT molecular complexity index is 406. The molecular formula is C15H28O4Si. The SMILES string of the molecule is CC(C)OC(=O)C(=C(C(=O)O)C(C)C)C(C)([SiH3])C(C)C. The third kappa shape index (κ3) is 4.47. The van der Waals surface area contributed by atoms with E-state index >= 15 is 0 Å². The Balaban J connectivity index is 6.13. The fourth-order valence-electron chi connectivity index (χ4n) is 1.92. The van der Waals surface area contributed by atoms with E-state index in [-0.39, 0.29) is 23.5 Å². The number of hydrogen-bond donors (Lipinski definition) is 1. The van der Waals surface area contributed by atoms with Gasteiger partial charge in [0.1, 0.15) is 0 Å². The van der Waals surface area contributed by atoms with Crippen LogP contribution in [0, 0.1) is 11.8 Å². The molecule has 0 bridgehead atoms. The van der Waals surface area contributed by atoms with E-state index in [0.29, 0.717) is 15.8 Å². The van der Waals surface area contributed by atoms with Crippen molar-refractivity contribution in [3.05, 3.63) is 11.1 Å². The lowest BCUT2D eigenvalue weighted by Crippen LogP contribution is -2.31. The van der Waals surface area contributed by atoms with Gasteiger partial charge in [-0.05, 0) is 30.7 Å². The van der Waals surface area contributed by atoms with Gasteiger partial charge in [0.15, 0.2) is 0 Å². The molecule has 0 saturated carbocycles. The number of carbonyl (C=O) groups is 2. The smallest absolute Gasteiger partial charge is 0.335 e. The van der Waals surface area contributed by atoms with Gasteiger partial charge in [0.25, 0.3) is 0 Å². The first-order valence-corrected chi connectivity index (χ1v) is 8.11. The van der Waals surface area contributed by atoms with Crippen molar-refractivity contribution in [1.82, 2.24) is 0 Å². The average Bonchev–Trinajstić information content (AvgIpc) is 2.22. The molecule has 1 N–H and O–H groups in total. The highest BCUT2D eigenvalue weighted by Crippen LogP contribution is 2.43. The maximum Gasteiger partial charge on any atom is 0.335 e. The molecule has 0 amide bonds. The van der Waals surface area contributed by atoms with E-state index in [2.05, 4.69) is 0 Å². The third-order valence-corrected chi connectivity index (χ3v) is 5.37. The minimum atomic E-state index is -1.03. The van der Waals surface area contributed by atoms with Crippen LogP contribution in [0.5, 0.6) is 0 Å². The normalized spacial score (nSPS) is 16.3. The lowest BCUT2D eigenvalue weighted by Gasteiger charge is -2.33. The van der Waals surface area contributed by atoms with Crippen LogP contribution in [-0.2, 0) is 14.3 Å². The zero-order chi connectivity index (χ0) is 16.2. The molecule has 0 aliphatic heterocycles. The topological polar surface area (TPSA) is 63.6 Å². The van der Waals surface area contributed by atoms with Gasteiger partial charge in [0, 0.05) is 10.2 Å². The summed E-state index contributed by atoms with van der Waals surface area (Å²) in [7, 11) is 0.682. The van der Waals surface area contributed by atoms with Gasteiger partial charge < -0.3 is 9.84 Å². The zero-order valence-corrected chi connectivity index (χ0v) is 15.9. The molecule has 0 aromatic rings. The number of aliphatic carboxylic acids is 1. The van der Waals surface area contributed by atoms with Crippen LogP contribution in [0.25, 0.3) is 0 Å². The maximum atomic E-state index is 12.4. The van der Waals surface area contributed by atoms with Crippen LogP contribution in [0.3, 0.4) is 0 Å². The van der Waals surface area contributed by atoms with E-state index in [4.69, 9.17) is 4.74 Å². The van der Waals surface area contributed by atoms with Crippen molar-refractivity contribution in [1.29, 1.82) is 0 Å². The Morgan fingerprint density at radius 2 is 1.55 bits per heavy atom. The van der Waals surface area contributed by atoms with Gasteiger partial charge in [-0.3, -0.25) is 0 Å². The van der Waals surface area contributed by atoms with Gasteiger partial charge in [0.05, 0.1) is 17.3 Å². The van der Waals surface area contributed by atoms with Crippen molar-refractivity contribution >= 4 is 22.2 Å². The molecule has 1 unspecified atom stereocenters. The molecule has 0 aliphatic rings. The molecule has 116 valence electrons. The van der Waals surface area contributed by atoms with Crippen molar-refractivity contribution in [2.45, 2.75) is 59.6 Å². The van der Waals surface area contributed by atoms with Gasteiger partial charge in [-0.2, -0.15) is 0 Å². The third-order valence-electron chi connectivity index (χ3n) is 3.71. The molecule has 5 heteroatoms. The largest absolute Gasteiger partial charge is 0.478 e. The van der Waals surface area contributed by atoms with Crippen LogP contribution in [0.2, 0.25) is 5.04 Å². The average molecular weight is 300 g/mol. The van der Waals surface area contributed by atoms with Crippen LogP contribution in [0.15, 0.2) is 11.1 Å². The predicted octanol–water partition coefficient (Wildman–Crippen LogP) is 2.18. The minimum absolute atomic E-state index is 0.178. The van der Waals surface area contributed by atoms with Gasteiger partial charge in [0.2, 0.25) is 0 Å². The van der Waals surface area contributed by atoms with Gasteiger partial charge >= 0.3 is 11.9 Å². The van der Waals surface area contributed by atoms with Crippen molar-refractivity contribution in [3.63, 3.8) is 0 Å². The molecule has 0 aromatic carbocycles. The lowest BCUT2D eigenvalue weighted by atomic mass is 9.82. The Morgan fingerprint density at radius 1 is 1.10 bits per heavy atom. The Labute approximate surface area is 125 Å². The summed E-state index contributed by atoms with van der Waals surface area (Å²) in [6.07, 6.45) is -0.260. The first kappa shape index (κ1) is 18.9. The molecule has 0 radical (unpaired) electrons. The molecule has 0 aromatic heterocycles. The number of hydrogen-bond acceptors (Lipinski definition) is 3. The molecule has 1 atom stereocenters. The van der Waals surface area contributed by atoms with E-state index < -0.39 is 17.0 Å². The van der Waals surface area contributed by atoms with E-state index in [0.717, 1.165) is 0 Å². The summed E-state index contributed by atoms with van der Waals surface area (Å²) >= 11 is 0. The Kier molecular flexibility index (Phi) is 6.67. The summed E-state index contributed by atoms with van der Waals surface area (Å²) in [4.78, 5) is 24.0. The predicted molar refractivity (Wildman–Crippen MR) is 83.9 cm³/mol. The van der Waals surface area contributed by atoms with Crippen LogP contribution >= 0.6 is 0 Å². The first-order valence-electron chi connectivity index (χ1n) is 7.11. The quantitative estimate of drug-likeness (QED) is 0.464. The standard InChI is InChI=1S/C15H28O4Si/c1-8(2)11(13(16)17)12(14(18)19-10(5)6)15(7,20)9(3)4/h8-10H,1-7,20H3,(H,16,17). The van der Waals surface area contributed by atoms with Crippen LogP contribution < -0.4 is 0 Å². The second-order valence-electron chi connectivity index (χ2n) is 6.58. The number of rotatable bonds is 6. The molecule has 20 heavy (non-hydrogen) atoms. The molecule has 0 saturated heterocycles. The molecular weight excluding hydrogens is 272 g/mol. The van der Waals surface area contributed by atoms with Crippen molar-refractivity contribution in [3.8, 4) is 0 Å². The molecule has 0 spiro atoms. The Morgan fingerprint density at radius 3 is 1.80 bits per heavy atom. The fraction of sp³-hybridized carbons (Fsp3) is 0.733. The first-order chi connectivity index (χ1) is 8.92. The van der Waals surface area contributed by atoms with Crippen LogP contribution in [0.4, 0.5) is 0 Å². The summed E-state index contributed by atoms with van der Waals surface area (Å²) < 4.78 is 5.29. The van der Waals surface area contributed by atoms with Gasteiger partial charge in [-0.25, -0.2) is 9.59 Å². The van der Waals surface area contributed by atoms with Crippen molar-refractivity contribution < 1.29 is 19.4 Å². The summed E-state index contributed by atoms with van der Waals surface area (Å²) in [5.74, 6) is -1.57. The highest BCUT2D eigenvalue weighted by molar-refractivity contribution is 6.22. The summed E-state index contributed by atoms with van der Waals surface area (Å²) in [5, 5.41) is 9.07. The molecule has 0 aliphatic carbocycles. The van der Waals surface area contributed by atoms with Crippen LogP contribution in [0.1, 0.15) is 48.5 Å². The lowest BCUT2D eigenvalue weighted by molar-refractivity contribution is -0.144. The Hall–Kier alpha value is -1.10. The maximum absolute atomic E-state index is 12.4. The van der Waals surface area contributed by atoms with E-state index in [1.807, 2.05) is 20.8 Å². The number of ether oxygens (including phenoxy) is 1. The summed E-state index contributed by atoms with van der Waals surface area (Å²) in [5.41, 5.74) is 0.525. The zero-order valence-electron chi connectivity index (χ0n) is 13.9. The van der Waals surface area contributed by atoms with Gasteiger partial charge in [-0.1, -0.05) is 34.6 Å². The second kappa shape index (κ2) is 7.06. The highest BCUT2D eigenvalue weighted by atomic mass is 28.1. The van der Waals surface area contributed by atoms with Crippen molar-refractivity contribution in [2.75, 3.05) is 0 Å². The van der Waals surface area contributed by atoms with E-state index in [1.165, 1.54) is 0 Å². The summed E-state index contributed by atoms with van der Waals surface area (Å²) in [6, 6.07) is 0. The minimum Gasteiger partial charge on any atom is -0.478 e. The number of esters is 1. The highest BCUT2D eigenvalue weighted by Gasteiger charge is 2.38. The van der Waals surface area contributed by atoms with Gasteiger partial charge in [-0.15, -0.1) is 0 Å². The van der Waals surface area contributed by atoms with E-state index in [9.17, 15) is 14.7 Å².